The van der Waals surface area contributed by atoms with Crippen LogP contribution in [0.2, 0.25) is 5.02 Å². The summed E-state index contributed by atoms with van der Waals surface area (Å²) >= 11 is 6.65. The highest BCUT2D eigenvalue weighted by atomic mass is 35.5. The Balaban J connectivity index is 1.50. The Morgan fingerprint density at radius 3 is 2.57 bits per heavy atom. The van der Waals surface area contributed by atoms with Gasteiger partial charge in [-0.15, -0.1) is 5.10 Å². The number of H-pyrrole nitrogens is 1. The molecule has 1 atom stereocenters. The molecule has 0 aliphatic carbocycles. The molecule has 0 spiro atoms. The van der Waals surface area contributed by atoms with Gasteiger partial charge in [-0.25, -0.2) is 4.68 Å². The molecule has 0 saturated carbocycles. The van der Waals surface area contributed by atoms with Gasteiger partial charge in [-0.2, -0.15) is 0 Å². The molecule has 6 aromatic rings. The third kappa shape index (κ3) is 6.05. The van der Waals surface area contributed by atoms with Gasteiger partial charge in [-0.3, -0.25) is 9.69 Å². The first-order valence-corrected chi connectivity index (χ1v) is 14.4. The number of furan rings is 1. The minimum Gasteiger partial charge on any atom is -0.468 e. The molecule has 9 heteroatoms. The molecule has 3 heterocycles. The lowest BCUT2D eigenvalue weighted by molar-refractivity contribution is 0.179. The average molecular weight is 579 g/mol. The third-order valence-corrected chi connectivity index (χ3v) is 7.90. The summed E-state index contributed by atoms with van der Waals surface area (Å²) in [7, 11) is 0. The molecule has 0 fully saturated rings. The fourth-order valence-corrected chi connectivity index (χ4v) is 5.52. The smallest absolute Gasteiger partial charge is 0.253 e. The van der Waals surface area contributed by atoms with Crippen LogP contribution < -0.4 is 5.56 Å². The first-order chi connectivity index (χ1) is 20.6. The molecule has 0 unspecified atom stereocenters. The van der Waals surface area contributed by atoms with E-state index in [9.17, 15) is 4.79 Å². The predicted molar refractivity (Wildman–Crippen MR) is 163 cm³/mol. The molecule has 0 aliphatic heterocycles. The Morgan fingerprint density at radius 2 is 1.79 bits per heavy atom. The summed E-state index contributed by atoms with van der Waals surface area (Å²) in [6.45, 7) is 3.51. The molecular formula is C33H31ClN6O2. The van der Waals surface area contributed by atoms with Crippen molar-refractivity contribution < 1.29 is 4.42 Å². The summed E-state index contributed by atoms with van der Waals surface area (Å²) in [6, 6.07) is 29.2. The summed E-state index contributed by atoms with van der Waals surface area (Å²) in [4.78, 5) is 19.1. The van der Waals surface area contributed by atoms with Crippen molar-refractivity contribution in [3.05, 3.63) is 146 Å². The number of fused-ring (bicyclic) bond motifs is 1. The van der Waals surface area contributed by atoms with E-state index in [2.05, 4.69) is 50.5 Å². The van der Waals surface area contributed by atoms with E-state index in [1.54, 1.807) is 10.9 Å². The fourth-order valence-electron chi connectivity index (χ4n) is 5.33. The average Bonchev–Trinajstić information content (AvgIpc) is 3.70. The summed E-state index contributed by atoms with van der Waals surface area (Å²) in [5.74, 6) is 1.32. The first kappa shape index (κ1) is 27.6. The van der Waals surface area contributed by atoms with Crippen LogP contribution >= 0.6 is 11.6 Å². The number of pyridine rings is 1. The maximum absolute atomic E-state index is 13.8. The number of nitrogens with zero attached hydrogens (tertiary/aromatic N) is 5. The van der Waals surface area contributed by atoms with Gasteiger partial charge >= 0.3 is 0 Å². The van der Waals surface area contributed by atoms with E-state index in [0.717, 1.165) is 35.1 Å². The van der Waals surface area contributed by atoms with Crippen LogP contribution in [-0.4, -0.2) is 30.1 Å². The first-order valence-electron chi connectivity index (χ1n) is 14.0. The van der Waals surface area contributed by atoms with Crippen LogP contribution in [0.3, 0.4) is 0 Å². The van der Waals surface area contributed by atoms with Crippen molar-refractivity contribution in [2.45, 2.75) is 45.4 Å². The van der Waals surface area contributed by atoms with Crippen LogP contribution in [-0.2, 0) is 32.5 Å². The SMILES string of the molecule is CCc1ccc2[nH]c(=O)c([C@@H](c3nnnn3CCc3ccccc3)N(Cc3ccco3)Cc3ccccc3Cl)cc2c1. The molecule has 0 saturated heterocycles. The summed E-state index contributed by atoms with van der Waals surface area (Å²) in [6.07, 6.45) is 3.28. The normalized spacial score (nSPS) is 12.3. The molecule has 42 heavy (non-hydrogen) atoms. The van der Waals surface area contributed by atoms with E-state index in [-0.39, 0.29) is 5.56 Å². The second-order valence-electron chi connectivity index (χ2n) is 10.3. The number of halogens is 1. The van der Waals surface area contributed by atoms with Crippen molar-refractivity contribution in [2.75, 3.05) is 0 Å². The molecular weight excluding hydrogens is 548 g/mol. The molecule has 0 radical (unpaired) electrons. The summed E-state index contributed by atoms with van der Waals surface area (Å²) in [5.41, 5.74) is 4.42. The Hall–Kier alpha value is -4.53. The molecule has 3 aromatic heterocycles. The van der Waals surface area contributed by atoms with Gasteiger partial charge in [0.1, 0.15) is 11.8 Å². The minimum atomic E-state index is -0.601. The third-order valence-electron chi connectivity index (χ3n) is 7.53. The molecule has 0 bridgehead atoms. The van der Waals surface area contributed by atoms with Crippen molar-refractivity contribution in [2.24, 2.45) is 0 Å². The largest absolute Gasteiger partial charge is 0.468 e. The van der Waals surface area contributed by atoms with Gasteiger partial charge in [0.25, 0.3) is 5.56 Å². The highest BCUT2D eigenvalue weighted by molar-refractivity contribution is 6.31. The fraction of sp³-hybridized carbons (Fsp3) is 0.212. The Bertz CT molecular complexity index is 1830. The Morgan fingerprint density at radius 1 is 0.952 bits per heavy atom. The zero-order valence-electron chi connectivity index (χ0n) is 23.3. The minimum absolute atomic E-state index is 0.196. The Kier molecular flexibility index (Phi) is 8.26. The van der Waals surface area contributed by atoms with Crippen LogP contribution in [0.4, 0.5) is 0 Å². The van der Waals surface area contributed by atoms with Crippen LogP contribution in [0.5, 0.6) is 0 Å². The van der Waals surface area contributed by atoms with E-state index < -0.39 is 6.04 Å². The number of hydrogen-bond donors (Lipinski definition) is 1. The van der Waals surface area contributed by atoms with Crippen molar-refractivity contribution in [1.82, 2.24) is 30.1 Å². The highest BCUT2D eigenvalue weighted by Gasteiger charge is 2.31. The van der Waals surface area contributed by atoms with E-state index in [4.69, 9.17) is 16.0 Å². The standard InChI is InChI=1S/C33H31ClN6O2/c1-2-23-14-15-30-26(19-23)20-28(33(41)35-30)31(32-36-37-38-40(32)17-16-24-9-4-3-5-10-24)39(22-27-12-8-18-42-27)21-25-11-6-7-13-29(25)34/h3-15,18-20,31H,2,16-17,21-22H2,1H3,(H,35,41)/t31-/m0/s1. The quantitative estimate of drug-likeness (QED) is 0.192. The van der Waals surface area contributed by atoms with E-state index in [1.165, 1.54) is 11.1 Å². The second kappa shape index (κ2) is 12.5. The topological polar surface area (TPSA) is 92.8 Å². The molecule has 212 valence electrons. The molecule has 8 nitrogen and oxygen atoms in total. The molecule has 6 rings (SSSR count). The second-order valence-corrected chi connectivity index (χ2v) is 10.7. The van der Waals surface area contributed by atoms with Crippen LogP contribution in [0.1, 0.15) is 46.8 Å². The summed E-state index contributed by atoms with van der Waals surface area (Å²) < 4.78 is 7.58. The molecule has 1 N–H and O–H groups in total. The number of aryl methyl sites for hydroxylation is 3. The lowest BCUT2D eigenvalue weighted by Crippen LogP contribution is -2.35. The lowest BCUT2D eigenvalue weighted by Gasteiger charge is -2.30. The number of nitrogens with one attached hydrogen (secondary N) is 1. The van der Waals surface area contributed by atoms with Crippen LogP contribution in [0, 0.1) is 0 Å². The molecule has 3 aromatic carbocycles. The number of benzene rings is 3. The predicted octanol–water partition coefficient (Wildman–Crippen LogP) is 6.36. The van der Waals surface area contributed by atoms with E-state index >= 15 is 0 Å². The van der Waals surface area contributed by atoms with Gasteiger partial charge in [0, 0.05) is 29.2 Å². The zero-order valence-corrected chi connectivity index (χ0v) is 24.0. The van der Waals surface area contributed by atoms with E-state index in [0.29, 0.717) is 36.0 Å². The van der Waals surface area contributed by atoms with Gasteiger partial charge in [0.15, 0.2) is 5.82 Å². The zero-order chi connectivity index (χ0) is 28.9. The van der Waals surface area contributed by atoms with Crippen molar-refractivity contribution in [3.63, 3.8) is 0 Å². The van der Waals surface area contributed by atoms with Gasteiger partial charge in [-0.05, 0) is 81.7 Å². The van der Waals surface area contributed by atoms with Crippen LogP contribution in [0.25, 0.3) is 10.9 Å². The maximum Gasteiger partial charge on any atom is 0.253 e. The number of aromatic nitrogens is 5. The van der Waals surface area contributed by atoms with Crippen LogP contribution in [0.15, 0.2) is 106 Å². The number of tetrazole rings is 1. The van der Waals surface area contributed by atoms with Gasteiger partial charge in [0.05, 0.1) is 12.8 Å². The maximum atomic E-state index is 13.8. The van der Waals surface area contributed by atoms with Gasteiger partial charge < -0.3 is 9.40 Å². The number of hydrogen-bond acceptors (Lipinski definition) is 6. The highest BCUT2D eigenvalue weighted by Crippen LogP contribution is 2.32. The van der Waals surface area contributed by atoms with Crippen molar-refractivity contribution in [1.29, 1.82) is 0 Å². The Labute approximate surface area is 248 Å². The van der Waals surface area contributed by atoms with Crippen molar-refractivity contribution in [3.8, 4) is 0 Å². The number of rotatable bonds is 11. The lowest BCUT2D eigenvalue weighted by atomic mass is 10.0. The number of aromatic amines is 1. The van der Waals surface area contributed by atoms with Gasteiger partial charge in [-0.1, -0.05) is 73.1 Å². The van der Waals surface area contributed by atoms with Crippen molar-refractivity contribution >= 4 is 22.5 Å². The summed E-state index contributed by atoms with van der Waals surface area (Å²) in [5, 5.41) is 14.6. The molecule has 0 amide bonds. The van der Waals surface area contributed by atoms with Gasteiger partial charge in [0.2, 0.25) is 0 Å². The van der Waals surface area contributed by atoms with E-state index in [1.807, 2.05) is 72.8 Å². The molecule has 0 aliphatic rings. The monoisotopic (exact) mass is 578 g/mol.